The van der Waals surface area contributed by atoms with Gasteiger partial charge < -0.3 is 15.0 Å². The van der Waals surface area contributed by atoms with Crippen LogP contribution in [0.15, 0.2) is 17.5 Å². The van der Waals surface area contributed by atoms with Gasteiger partial charge in [0.15, 0.2) is 0 Å². The Morgan fingerprint density at radius 2 is 2.10 bits per heavy atom. The number of hydrogen-bond acceptors (Lipinski definition) is 8. The first-order valence-electron chi connectivity index (χ1n) is 10.7. The molecule has 30 heavy (non-hydrogen) atoms. The van der Waals surface area contributed by atoms with E-state index in [-0.39, 0.29) is 0 Å². The third-order valence-electron chi connectivity index (χ3n) is 6.04. The van der Waals surface area contributed by atoms with Gasteiger partial charge in [-0.25, -0.2) is 9.97 Å². The fourth-order valence-corrected chi connectivity index (χ4v) is 6.61. The maximum absolute atomic E-state index is 5.50. The number of thiophene rings is 2. The van der Waals surface area contributed by atoms with Gasteiger partial charge in [-0.15, -0.1) is 22.7 Å². The Balaban J connectivity index is 1.45. The van der Waals surface area contributed by atoms with Crippen LogP contribution in [-0.2, 0) is 24.1 Å². The molecule has 0 spiro atoms. The molecule has 0 amide bonds. The van der Waals surface area contributed by atoms with Gasteiger partial charge in [0.05, 0.1) is 31.2 Å². The van der Waals surface area contributed by atoms with Crippen molar-refractivity contribution in [2.75, 3.05) is 52.3 Å². The van der Waals surface area contributed by atoms with Gasteiger partial charge in [0.25, 0.3) is 0 Å². The molecule has 3 aromatic heterocycles. The zero-order chi connectivity index (χ0) is 20.5. The summed E-state index contributed by atoms with van der Waals surface area (Å²) >= 11 is 3.69. The van der Waals surface area contributed by atoms with Gasteiger partial charge in [-0.2, -0.15) is 0 Å². The second kappa shape index (κ2) is 8.88. The molecular weight excluding hydrogens is 414 g/mol. The van der Waals surface area contributed by atoms with Gasteiger partial charge in [0.2, 0.25) is 0 Å². The van der Waals surface area contributed by atoms with Crippen molar-refractivity contribution in [2.24, 2.45) is 0 Å². The topological polar surface area (TPSA) is 53.5 Å². The molecule has 160 valence electrons. The van der Waals surface area contributed by atoms with Gasteiger partial charge in [-0.05, 0) is 50.4 Å². The summed E-state index contributed by atoms with van der Waals surface area (Å²) in [4.78, 5) is 18.7. The highest BCUT2D eigenvalue weighted by molar-refractivity contribution is 7.19. The molecule has 1 aliphatic heterocycles. The van der Waals surface area contributed by atoms with Crippen LogP contribution < -0.4 is 5.32 Å². The molecule has 0 bridgehead atoms. The van der Waals surface area contributed by atoms with Crippen LogP contribution >= 0.6 is 22.7 Å². The first kappa shape index (κ1) is 20.3. The van der Waals surface area contributed by atoms with E-state index in [0.717, 1.165) is 62.3 Å². The van der Waals surface area contributed by atoms with E-state index < -0.39 is 0 Å². The Hall–Kier alpha value is -1.58. The minimum atomic E-state index is 0.324. The van der Waals surface area contributed by atoms with E-state index in [4.69, 9.17) is 14.7 Å². The highest BCUT2D eigenvalue weighted by Gasteiger charge is 2.24. The van der Waals surface area contributed by atoms with E-state index in [0.29, 0.717) is 6.04 Å². The predicted molar refractivity (Wildman–Crippen MR) is 125 cm³/mol. The van der Waals surface area contributed by atoms with Crippen molar-refractivity contribution in [3.8, 4) is 0 Å². The monoisotopic (exact) mass is 443 g/mol. The van der Waals surface area contributed by atoms with Crippen LogP contribution in [0, 0.1) is 0 Å². The van der Waals surface area contributed by atoms with Crippen LogP contribution in [0.3, 0.4) is 0 Å². The van der Waals surface area contributed by atoms with Crippen molar-refractivity contribution in [1.82, 2.24) is 19.8 Å². The molecular formula is C22H29N5OS2. The minimum absolute atomic E-state index is 0.324. The largest absolute Gasteiger partial charge is 0.379 e. The SMILES string of the molecule is CN(C)[C@H](CNc1nc(CN2CCOCC2)nc2sc3c(c12)CCC3)c1cccs1. The Morgan fingerprint density at radius 3 is 2.87 bits per heavy atom. The lowest BCUT2D eigenvalue weighted by atomic mass is 10.1. The fourth-order valence-electron chi connectivity index (χ4n) is 4.41. The summed E-state index contributed by atoms with van der Waals surface area (Å²) in [5, 5.41) is 7.15. The number of likely N-dealkylation sites (N-methyl/N-ethyl adjacent to an activating group) is 1. The number of rotatable bonds is 7. The number of nitrogens with zero attached hydrogens (tertiary/aromatic N) is 4. The van der Waals surface area contributed by atoms with Gasteiger partial charge in [-0.1, -0.05) is 6.07 Å². The van der Waals surface area contributed by atoms with Crippen LogP contribution in [-0.4, -0.2) is 66.7 Å². The molecule has 1 saturated heterocycles. The number of nitrogens with one attached hydrogen (secondary N) is 1. The van der Waals surface area contributed by atoms with Crippen LogP contribution in [0.4, 0.5) is 5.82 Å². The maximum Gasteiger partial charge on any atom is 0.146 e. The van der Waals surface area contributed by atoms with Crippen molar-refractivity contribution in [2.45, 2.75) is 31.8 Å². The molecule has 1 atom stereocenters. The second-order valence-corrected chi connectivity index (χ2v) is 10.4. The zero-order valence-electron chi connectivity index (χ0n) is 17.7. The first-order chi connectivity index (χ1) is 14.7. The molecule has 4 heterocycles. The standard InChI is InChI=1S/C22H29N5OS2/c1-26(2)16(18-7-4-12-29-18)13-23-21-20-15-5-3-6-17(15)30-22(20)25-19(24-21)14-27-8-10-28-11-9-27/h4,7,12,16H,3,5-6,8-11,13-14H2,1-2H3,(H,23,24,25)/t16-/m1/s1. The molecule has 0 saturated carbocycles. The molecule has 1 N–H and O–H groups in total. The maximum atomic E-state index is 5.50. The quantitative estimate of drug-likeness (QED) is 0.600. The lowest BCUT2D eigenvalue weighted by Gasteiger charge is -2.26. The van der Waals surface area contributed by atoms with E-state index in [1.54, 1.807) is 0 Å². The number of ether oxygens (including phenoxy) is 1. The lowest BCUT2D eigenvalue weighted by Crippen LogP contribution is -2.36. The molecule has 6 nitrogen and oxygen atoms in total. The molecule has 3 aromatic rings. The zero-order valence-corrected chi connectivity index (χ0v) is 19.3. The van der Waals surface area contributed by atoms with E-state index in [1.165, 1.54) is 33.5 Å². The summed E-state index contributed by atoms with van der Waals surface area (Å²) in [7, 11) is 4.29. The minimum Gasteiger partial charge on any atom is -0.379 e. The Bertz CT molecular complexity index is 995. The normalized spacial score (nSPS) is 18.2. The first-order valence-corrected chi connectivity index (χ1v) is 12.4. The smallest absolute Gasteiger partial charge is 0.146 e. The number of aromatic nitrogens is 2. The highest BCUT2D eigenvalue weighted by atomic mass is 32.1. The fraction of sp³-hybridized carbons (Fsp3) is 0.545. The van der Waals surface area contributed by atoms with Crippen molar-refractivity contribution in [3.05, 3.63) is 38.7 Å². The summed E-state index contributed by atoms with van der Waals surface area (Å²) in [6.45, 7) is 5.12. The molecule has 0 aromatic carbocycles. The summed E-state index contributed by atoms with van der Waals surface area (Å²) in [5.41, 5.74) is 1.48. The Labute approximate surface area is 185 Å². The van der Waals surface area contributed by atoms with Crippen LogP contribution in [0.2, 0.25) is 0 Å². The Morgan fingerprint density at radius 1 is 1.23 bits per heavy atom. The van der Waals surface area contributed by atoms with E-state index in [9.17, 15) is 0 Å². The van der Waals surface area contributed by atoms with E-state index in [1.807, 2.05) is 22.7 Å². The lowest BCUT2D eigenvalue weighted by molar-refractivity contribution is 0.0331. The van der Waals surface area contributed by atoms with Crippen molar-refractivity contribution < 1.29 is 4.74 Å². The molecule has 8 heteroatoms. The number of anilines is 1. The molecule has 1 fully saturated rings. The summed E-state index contributed by atoms with van der Waals surface area (Å²) < 4.78 is 5.50. The average molecular weight is 444 g/mol. The van der Waals surface area contributed by atoms with Gasteiger partial charge in [-0.3, -0.25) is 4.90 Å². The molecule has 2 aliphatic rings. The van der Waals surface area contributed by atoms with Crippen molar-refractivity contribution in [3.63, 3.8) is 0 Å². The van der Waals surface area contributed by atoms with Crippen molar-refractivity contribution >= 4 is 38.7 Å². The molecule has 5 rings (SSSR count). The van der Waals surface area contributed by atoms with Gasteiger partial charge >= 0.3 is 0 Å². The van der Waals surface area contributed by atoms with E-state index >= 15 is 0 Å². The Kier molecular flexibility index (Phi) is 6.02. The van der Waals surface area contributed by atoms with Crippen molar-refractivity contribution in [1.29, 1.82) is 0 Å². The van der Waals surface area contributed by atoms with E-state index in [2.05, 4.69) is 46.7 Å². The highest BCUT2D eigenvalue weighted by Crippen LogP contribution is 2.40. The number of fused-ring (bicyclic) bond motifs is 3. The second-order valence-electron chi connectivity index (χ2n) is 8.29. The number of morpholine rings is 1. The van der Waals surface area contributed by atoms with Gasteiger partial charge in [0, 0.05) is 29.4 Å². The summed E-state index contributed by atoms with van der Waals surface area (Å²) in [6.07, 6.45) is 3.59. The number of hydrogen-bond donors (Lipinski definition) is 1. The predicted octanol–water partition coefficient (Wildman–Crippen LogP) is 3.79. The number of aryl methyl sites for hydroxylation is 2. The van der Waals surface area contributed by atoms with Gasteiger partial charge in [0.1, 0.15) is 16.5 Å². The van der Waals surface area contributed by atoms with Crippen LogP contribution in [0.1, 0.15) is 33.6 Å². The van der Waals surface area contributed by atoms with Crippen LogP contribution in [0.5, 0.6) is 0 Å². The summed E-state index contributed by atoms with van der Waals surface area (Å²) in [6, 6.07) is 4.68. The third-order valence-corrected chi connectivity index (χ3v) is 8.20. The van der Waals surface area contributed by atoms with Crippen LogP contribution in [0.25, 0.3) is 10.2 Å². The molecule has 0 unspecified atom stereocenters. The molecule has 0 radical (unpaired) electrons. The molecule has 1 aliphatic carbocycles. The third kappa shape index (κ3) is 4.11. The average Bonchev–Trinajstić information content (AvgIpc) is 3.46. The summed E-state index contributed by atoms with van der Waals surface area (Å²) in [5.74, 6) is 1.94.